The lowest BCUT2D eigenvalue weighted by atomic mass is 10.1. The minimum Gasteiger partial charge on any atom is -0.497 e. The summed E-state index contributed by atoms with van der Waals surface area (Å²) in [6.07, 6.45) is 2.92. The summed E-state index contributed by atoms with van der Waals surface area (Å²) in [7, 11) is 2.98. The number of carbonyl (C=O) groups excluding carboxylic acids is 1. The van der Waals surface area contributed by atoms with Gasteiger partial charge < -0.3 is 14.8 Å². The smallest absolute Gasteiger partial charge is 0.331 e. The average Bonchev–Trinajstić information content (AvgIpc) is 2.38. The van der Waals surface area contributed by atoms with E-state index in [2.05, 4.69) is 10.1 Å². The second-order valence-corrected chi connectivity index (χ2v) is 3.52. The average molecular weight is 235 g/mol. The van der Waals surface area contributed by atoms with Gasteiger partial charge in [0.15, 0.2) is 0 Å². The molecule has 0 bridgehead atoms. The van der Waals surface area contributed by atoms with Crippen molar-refractivity contribution in [2.75, 3.05) is 14.2 Å². The molecule has 4 heteroatoms. The molecular weight excluding hydrogens is 218 g/mol. The van der Waals surface area contributed by atoms with Gasteiger partial charge in [-0.25, -0.2) is 4.79 Å². The van der Waals surface area contributed by atoms with E-state index in [-0.39, 0.29) is 12.0 Å². The molecule has 0 aliphatic heterocycles. The zero-order valence-electron chi connectivity index (χ0n) is 10.3. The van der Waals surface area contributed by atoms with Crippen LogP contribution in [0.2, 0.25) is 0 Å². The van der Waals surface area contributed by atoms with Gasteiger partial charge in [-0.2, -0.15) is 0 Å². The number of rotatable bonds is 5. The lowest BCUT2D eigenvalue weighted by Crippen LogP contribution is -2.12. The van der Waals surface area contributed by atoms with E-state index in [0.717, 1.165) is 11.3 Å². The molecule has 1 N–H and O–H groups in total. The van der Waals surface area contributed by atoms with Gasteiger partial charge in [-0.05, 0) is 24.6 Å². The van der Waals surface area contributed by atoms with Crippen LogP contribution in [0, 0.1) is 0 Å². The van der Waals surface area contributed by atoms with Crippen molar-refractivity contribution in [1.29, 1.82) is 0 Å². The first-order chi connectivity index (χ1) is 8.17. The van der Waals surface area contributed by atoms with Gasteiger partial charge in [0.2, 0.25) is 0 Å². The molecule has 1 aromatic rings. The lowest BCUT2D eigenvalue weighted by Gasteiger charge is -2.13. The minimum atomic E-state index is -0.379. The quantitative estimate of drug-likeness (QED) is 0.626. The van der Waals surface area contributed by atoms with Gasteiger partial charge >= 0.3 is 5.97 Å². The molecule has 0 saturated heterocycles. The van der Waals surface area contributed by atoms with Crippen molar-refractivity contribution in [3.05, 3.63) is 42.1 Å². The molecule has 0 radical (unpaired) electrons. The molecule has 1 aromatic carbocycles. The largest absolute Gasteiger partial charge is 0.497 e. The third-order valence-corrected chi connectivity index (χ3v) is 2.36. The Hall–Kier alpha value is -1.97. The van der Waals surface area contributed by atoms with Crippen LogP contribution in [0.4, 0.5) is 0 Å². The molecule has 0 saturated carbocycles. The molecule has 0 unspecified atom stereocenters. The van der Waals surface area contributed by atoms with Crippen molar-refractivity contribution >= 4 is 5.97 Å². The van der Waals surface area contributed by atoms with Gasteiger partial charge in [0.25, 0.3) is 0 Å². The predicted molar refractivity (Wildman–Crippen MR) is 65.7 cm³/mol. The Kier molecular flexibility index (Phi) is 5.07. The van der Waals surface area contributed by atoms with Gasteiger partial charge in [0, 0.05) is 18.3 Å². The summed E-state index contributed by atoms with van der Waals surface area (Å²) in [5.41, 5.74) is 1.08. The Morgan fingerprint density at radius 3 is 2.82 bits per heavy atom. The highest BCUT2D eigenvalue weighted by Gasteiger charge is 2.03. The van der Waals surface area contributed by atoms with Crippen LogP contribution in [0.25, 0.3) is 0 Å². The highest BCUT2D eigenvalue weighted by atomic mass is 16.5. The molecule has 0 heterocycles. The third kappa shape index (κ3) is 4.18. The summed E-state index contributed by atoms with van der Waals surface area (Å²) >= 11 is 0. The molecule has 92 valence electrons. The highest BCUT2D eigenvalue weighted by molar-refractivity contribution is 5.81. The SMILES string of the molecule is COC(=O)/C=C/N[C@@H](C)c1cccc(OC)c1. The number of ether oxygens (including phenoxy) is 2. The summed E-state index contributed by atoms with van der Waals surface area (Å²) < 4.78 is 9.63. The first-order valence-corrected chi connectivity index (χ1v) is 5.32. The molecule has 0 aromatic heterocycles. The fraction of sp³-hybridized carbons (Fsp3) is 0.308. The first-order valence-electron chi connectivity index (χ1n) is 5.32. The summed E-state index contributed by atoms with van der Waals surface area (Å²) in [5, 5.41) is 3.08. The van der Waals surface area contributed by atoms with Gasteiger partial charge in [-0.1, -0.05) is 12.1 Å². The Bertz CT molecular complexity index is 401. The van der Waals surface area contributed by atoms with E-state index in [1.807, 2.05) is 31.2 Å². The highest BCUT2D eigenvalue weighted by Crippen LogP contribution is 2.18. The van der Waals surface area contributed by atoms with Crippen LogP contribution in [0.3, 0.4) is 0 Å². The number of benzene rings is 1. The Morgan fingerprint density at radius 2 is 2.18 bits per heavy atom. The van der Waals surface area contributed by atoms with Crippen LogP contribution in [0.5, 0.6) is 5.75 Å². The minimum absolute atomic E-state index is 0.0889. The van der Waals surface area contributed by atoms with Gasteiger partial charge in [0.05, 0.1) is 14.2 Å². The monoisotopic (exact) mass is 235 g/mol. The molecule has 0 amide bonds. The molecule has 1 rings (SSSR count). The molecule has 17 heavy (non-hydrogen) atoms. The van der Waals surface area contributed by atoms with Crippen LogP contribution >= 0.6 is 0 Å². The normalized spacial score (nSPS) is 12.2. The van der Waals surface area contributed by atoms with Crippen molar-refractivity contribution in [2.24, 2.45) is 0 Å². The standard InChI is InChI=1S/C13H17NO3/c1-10(14-8-7-13(15)17-3)11-5-4-6-12(9-11)16-2/h4-10,14H,1-3H3/b8-7+/t10-/m0/s1. The van der Waals surface area contributed by atoms with E-state index >= 15 is 0 Å². The van der Waals surface area contributed by atoms with Crippen LogP contribution < -0.4 is 10.1 Å². The number of carbonyl (C=O) groups is 1. The van der Waals surface area contributed by atoms with Crippen molar-refractivity contribution in [2.45, 2.75) is 13.0 Å². The molecule has 0 fully saturated rings. The number of nitrogens with one attached hydrogen (secondary N) is 1. The fourth-order valence-electron chi connectivity index (χ4n) is 1.34. The lowest BCUT2D eigenvalue weighted by molar-refractivity contribution is -0.134. The van der Waals surface area contributed by atoms with Crippen LogP contribution in [-0.4, -0.2) is 20.2 Å². The van der Waals surface area contributed by atoms with Crippen molar-refractivity contribution in [3.63, 3.8) is 0 Å². The summed E-state index contributed by atoms with van der Waals surface area (Å²) in [6, 6.07) is 7.85. The third-order valence-electron chi connectivity index (χ3n) is 2.36. The van der Waals surface area contributed by atoms with Gasteiger partial charge in [0.1, 0.15) is 5.75 Å². The van der Waals surface area contributed by atoms with E-state index in [1.54, 1.807) is 13.3 Å². The predicted octanol–water partition coefficient (Wildman–Crippen LogP) is 2.03. The number of hydrogen-bond donors (Lipinski definition) is 1. The maximum absolute atomic E-state index is 10.9. The van der Waals surface area contributed by atoms with E-state index < -0.39 is 0 Å². The van der Waals surface area contributed by atoms with E-state index in [9.17, 15) is 4.79 Å². The van der Waals surface area contributed by atoms with Crippen molar-refractivity contribution in [1.82, 2.24) is 5.32 Å². The van der Waals surface area contributed by atoms with E-state index in [1.165, 1.54) is 13.2 Å². The van der Waals surface area contributed by atoms with Crippen LogP contribution in [-0.2, 0) is 9.53 Å². The summed E-state index contributed by atoms with van der Waals surface area (Å²) in [6.45, 7) is 2.00. The number of methoxy groups -OCH3 is 2. The Labute approximate surface area is 101 Å². The molecular formula is C13H17NO3. The maximum Gasteiger partial charge on any atom is 0.331 e. The topological polar surface area (TPSA) is 47.6 Å². The van der Waals surface area contributed by atoms with Gasteiger partial charge in [-0.15, -0.1) is 0 Å². The van der Waals surface area contributed by atoms with Crippen LogP contribution in [0.15, 0.2) is 36.5 Å². The molecule has 1 atom stereocenters. The van der Waals surface area contributed by atoms with Crippen molar-refractivity contribution < 1.29 is 14.3 Å². The summed E-state index contributed by atoms with van der Waals surface area (Å²) in [4.78, 5) is 10.9. The zero-order valence-corrected chi connectivity index (χ0v) is 10.3. The second-order valence-electron chi connectivity index (χ2n) is 3.52. The number of esters is 1. The van der Waals surface area contributed by atoms with Crippen molar-refractivity contribution in [3.8, 4) is 5.75 Å². The number of hydrogen-bond acceptors (Lipinski definition) is 4. The fourth-order valence-corrected chi connectivity index (χ4v) is 1.34. The Balaban J connectivity index is 2.60. The molecule has 4 nitrogen and oxygen atoms in total. The summed E-state index contributed by atoms with van der Waals surface area (Å²) in [5.74, 6) is 0.434. The van der Waals surface area contributed by atoms with Gasteiger partial charge in [-0.3, -0.25) is 0 Å². The first kappa shape index (κ1) is 13.1. The molecule has 0 aliphatic carbocycles. The zero-order chi connectivity index (χ0) is 12.7. The maximum atomic E-state index is 10.9. The second kappa shape index (κ2) is 6.58. The molecule has 0 aliphatic rings. The van der Waals surface area contributed by atoms with E-state index in [0.29, 0.717) is 0 Å². The van der Waals surface area contributed by atoms with Crippen LogP contribution in [0.1, 0.15) is 18.5 Å². The Morgan fingerprint density at radius 1 is 1.41 bits per heavy atom. The van der Waals surface area contributed by atoms with E-state index in [4.69, 9.17) is 4.74 Å². The molecule has 0 spiro atoms.